The van der Waals surface area contributed by atoms with Crippen molar-refractivity contribution in [1.29, 1.82) is 0 Å². The Bertz CT molecular complexity index is 686. The summed E-state index contributed by atoms with van der Waals surface area (Å²) in [4.78, 5) is 13.9. The Morgan fingerprint density at radius 1 is 1.14 bits per heavy atom. The molecule has 110 valence electrons. The lowest BCUT2D eigenvalue weighted by atomic mass is 10.3. The maximum atomic E-state index is 10.7. The van der Waals surface area contributed by atoms with Crippen molar-refractivity contribution in [3.8, 4) is 5.75 Å². The van der Waals surface area contributed by atoms with E-state index < -0.39 is 4.92 Å². The lowest BCUT2D eigenvalue weighted by Gasteiger charge is -2.10. The first-order chi connectivity index (χ1) is 9.88. The number of benzene rings is 1. The predicted octanol–water partition coefficient (Wildman–Crippen LogP) is 5.18. The van der Waals surface area contributed by atoms with Crippen molar-refractivity contribution in [1.82, 2.24) is 4.98 Å². The van der Waals surface area contributed by atoms with Crippen molar-refractivity contribution in [3.63, 3.8) is 0 Å². The summed E-state index contributed by atoms with van der Waals surface area (Å²) in [6.07, 6.45) is 0. The van der Waals surface area contributed by atoms with E-state index in [2.05, 4.69) is 4.98 Å². The van der Waals surface area contributed by atoms with Crippen molar-refractivity contribution in [3.05, 3.63) is 60.3 Å². The van der Waals surface area contributed by atoms with Crippen LogP contribution in [0.25, 0.3) is 0 Å². The highest BCUT2D eigenvalue weighted by Crippen LogP contribution is 2.37. The van der Waals surface area contributed by atoms with Crippen LogP contribution in [0.15, 0.2) is 24.3 Å². The molecule has 1 aromatic heterocycles. The molecule has 0 aliphatic rings. The summed E-state index contributed by atoms with van der Waals surface area (Å²) >= 11 is 23.5. The fourth-order valence-corrected chi connectivity index (χ4v) is 2.47. The van der Waals surface area contributed by atoms with E-state index in [0.29, 0.717) is 5.56 Å². The number of hydrogen-bond donors (Lipinski definition) is 0. The molecule has 0 spiro atoms. The molecule has 0 unspecified atom stereocenters. The van der Waals surface area contributed by atoms with Gasteiger partial charge in [-0.25, -0.2) is 4.98 Å². The van der Waals surface area contributed by atoms with Crippen molar-refractivity contribution >= 4 is 52.1 Å². The number of nitro groups is 1. The molecule has 1 heterocycles. The van der Waals surface area contributed by atoms with Gasteiger partial charge >= 0.3 is 0 Å². The molecule has 0 amide bonds. The number of aromatic nitrogens is 1. The molecule has 5 nitrogen and oxygen atoms in total. The van der Waals surface area contributed by atoms with Crippen LogP contribution in [-0.4, -0.2) is 9.91 Å². The topological polar surface area (TPSA) is 65.3 Å². The van der Waals surface area contributed by atoms with Crippen molar-refractivity contribution < 1.29 is 9.66 Å². The molecular weight excluding hydrogens is 362 g/mol. The fourth-order valence-electron chi connectivity index (χ4n) is 1.49. The van der Waals surface area contributed by atoms with Gasteiger partial charge in [-0.15, -0.1) is 0 Å². The van der Waals surface area contributed by atoms with Gasteiger partial charge in [0.15, 0.2) is 5.75 Å². The quantitative estimate of drug-likeness (QED) is 0.424. The molecule has 0 bridgehead atoms. The zero-order chi connectivity index (χ0) is 15.6. The first-order valence-corrected chi connectivity index (χ1v) is 6.97. The normalized spacial score (nSPS) is 10.5. The van der Waals surface area contributed by atoms with Crippen LogP contribution >= 0.6 is 46.4 Å². The first-order valence-electron chi connectivity index (χ1n) is 5.45. The largest absolute Gasteiger partial charge is 0.486 e. The number of halogens is 4. The summed E-state index contributed by atoms with van der Waals surface area (Å²) in [6, 6.07) is 5.52. The standard InChI is InChI=1S/C12H6Cl4N2O3/c13-8-3-7(18(19)20)4-9(14)11(8)21-5-6-1-2-10(15)17-12(6)16/h1-4H,5H2. The molecule has 1 aromatic carbocycles. The zero-order valence-electron chi connectivity index (χ0n) is 10.1. The molecule has 9 heteroatoms. The van der Waals surface area contributed by atoms with Gasteiger partial charge in [-0.3, -0.25) is 10.1 Å². The summed E-state index contributed by atoms with van der Waals surface area (Å²) in [5, 5.41) is 11.2. The van der Waals surface area contributed by atoms with E-state index in [4.69, 9.17) is 51.1 Å². The Morgan fingerprint density at radius 2 is 1.76 bits per heavy atom. The van der Waals surface area contributed by atoms with Gasteiger partial charge in [-0.1, -0.05) is 46.4 Å². The van der Waals surface area contributed by atoms with Crippen LogP contribution in [0.2, 0.25) is 20.4 Å². The highest BCUT2D eigenvalue weighted by molar-refractivity contribution is 6.37. The van der Waals surface area contributed by atoms with Gasteiger partial charge in [-0.05, 0) is 12.1 Å². The molecule has 0 radical (unpaired) electrons. The Hall–Kier alpha value is -1.27. The Labute approximate surface area is 139 Å². The molecule has 0 fully saturated rings. The molecule has 0 N–H and O–H groups in total. The second-order valence-electron chi connectivity index (χ2n) is 3.87. The average molecular weight is 368 g/mol. The number of nitro benzene ring substituents is 1. The maximum Gasteiger partial charge on any atom is 0.272 e. The number of non-ortho nitro benzene ring substituents is 1. The fraction of sp³-hybridized carbons (Fsp3) is 0.0833. The van der Waals surface area contributed by atoms with Crippen LogP contribution in [-0.2, 0) is 6.61 Å². The molecule has 2 rings (SSSR count). The molecule has 21 heavy (non-hydrogen) atoms. The summed E-state index contributed by atoms with van der Waals surface area (Å²) in [5.41, 5.74) is 0.357. The van der Waals surface area contributed by atoms with Crippen LogP contribution < -0.4 is 4.74 Å². The third-order valence-electron chi connectivity index (χ3n) is 2.46. The van der Waals surface area contributed by atoms with Gasteiger partial charge in [0, 0.05) is 17.7 Å². The summed E-state index contributed by atoms with van der Waals surface area (Å²) in [7, 11) is 0. The van der Waals surface area contributed by atoms with Crippen molar-refractivity contribution in [2.24, 2.45) is 0 Å². The molecule has 0 aliphatic heterocycles. The number of rotatable bonds is 4. The third-order valence-corrected chi connectivity index (χ3v) is 3.56. The van der Waals surface area contributed by atoms with Crippen LogP contribution in [0.4, 0.5) is 5.69 Å². The minimum absolute atomic E-state index is 0.0345. The van der Waals surface area contributed by atoms with Crippen LogP contribution in [0.5, 0.6) is 5.75 Å². The number of hydrogen-bond acceptors (Lipinski definition) is 4. The molecular formula is C12H6Cl4N2O3. The van der Waals surface area contributed by atoms with Gasteiger partial charge in [0.25, 0.3) is 5.69 Å². The van der Waals surface area contributed by atoms with E-state index in [0.717, 1.165) is 12.1 Å². The van der Waals surface area contributed by atoms with Crippen molar-refractivity contribution in [2.75, 3.05) is 0 Å². The van der Waals surface area contributed by atoms with E-state index in [1.807, 2.05) is 0 Å². The monoisotopic (exact) mass is 366 g/mol. The molecule has 0 atom stereocenters. The first kappa shape index (κ1) is 16.1. The van der Waals surface area contributed by atoms with E-state index in [-0.39, 0.29) is 38.4 Å². The second kappa shape index (κ2) is 6.66. The minimum Gasteiger partial charge on any atom is -0.486 e. The van der Waals surface area contributed by atoms with Crippen LogP contribution in [0.1, 0.15) is 5.56 Å². The lowest BCUT2D eigenvalue weighted by Crippen LogP contribution is -1.99. The highest BCUT2D eigenvalue weighted by atomic mass is 35.5. The zero-order valence-corrected chi connectivity index (χ0v) is 13.2. The summed E-state index contributed by atoms with van der Waals surface area (Å²) < 4.78 is 5.46. The molecule has 0 saturated carbocycles. The summed E-state index contributed by atoms with van der Waals surface area (Å²) in [6.45, 7) is 0.0419. The van der Waals surface area contributed by atoms with Gasteiger partial charge in [-0.2, -0.15) is 0 Å². The maximum absolute atomic E-state index is 10.7. The average Bonchev–Trinajstić information content (AvgIpc) is 2.39. The van der Waals surface area contributed by atoms with E-state index in [1.165, 1.54) is 0 Å². The number of ether oxygens (including phenoxy) is 1. The lowest BCUT2D eigenvalue weighted by molar-refractivity contribution is -0.384. The summed E-state index contributed by atoms with van der Waals surface area (Å²) in [5.74, 6) is 0.134. The Morgan fingerprint density at radius 3 is 2.29 bits per heavy atom. The molecule has 2 aromatic rings. The minimum atomic E-state index is -0.596. The molecule has 0 saturated heterocycles. The van der Waals surface area contributed by atoms with Gasteiger partial charge in [0.1, 0.15) is 16.9 Å². The SMILES string of the molecule is O=[N+]([O-])c1cc(Cl)c(OCc2ccc(Cl)nc2Cl)c(Cl)c1. The smallest absolute Gasteiger partial charge is 0.272 e. The highest BCUT2D eigenvalue weighted by Gasteiger charge is 2.16. The van der Waals surface area contributed by atoms with Crippen LogP contribution in [0, 0.1) is 10.1 Å². The Balaban J connectivity index is 2.22. The second-order valence-corrected chi connectivity index (χ2v) is 5.43. The van der Waals surface area contributed by atoms with E-state index >= 15 is 0 Å². The van der Waals surface area contributed by atoms with E-state index in [9.17, 15) is 10.1 Å². The van der Waals surface area contributed by atoms with Crippen molar-refractivity contribution in [2.45, 2.75) is 6.61 Å². The number of pyridine rings is 1. The Kier molecular flexibility index (Phi) is 5.11. The predicted molar refractivity (Wildman–Crippen MR) is 81.7 cm³/mol. The van der Waals surface area contributed by atoms with Gasteiger partial charge in [0.05, 0.1) is 15.0 Å². The molecule has 0 aliphatic carbocycles. The van der Waals surface area contributed by atoms with E-state index in [1.54, 1.807) is 12.1 Å². The van der Waals surface area contributed by atoms with Gasteiger partial charge in [0.2, 0.25) is 0 Å². The number of nitrogens with zero attached hydrogens (tertiary/aromatic N) is 2. The van der Waals surface area contributed by atoms with Crippen LogP contribution in [0.3, 0.4) is 0 Å². The van der Waals surface area contributed by atoms with Gasteiger partial charge < -0.3 is 4.74 Å². The third kappa shape index (κ3) is 3.89.